The van der Waals surface area contributed by atoms with E-state index in [1.165, 1.54) is 37.6 Å². The van der Waals surface area contributed by atoms with Crippen molar-refractivity contribution in [1.82, 2.24) is 10.2 Å². The van der Waals surface area contributed by atoms with Crippen LogP contribution in [-0.2, 0) is 0 Å². The summed E-state index contributed by atoms with van der Waals surface area (Å²) in [5.74, 6) is -0.925. The van der Waals surface area contributed by atoms with Crippen LogP contribution in [0.25, 0.3) is 0 Å². The van der Waals surface area contributed by atoms with Crippen LogP contribution >= 0.6 is 0 Å². The molecule has 1 aliphatic heterocycles. The molecule has 4 heteroatoms. The molecule has 1 aromatic rings. The van der Waals surface area contributed by atoms with Gasteiger partial charge in [-0.3, -0.25) is 0 Å². The summed E-state index contributed by atoms with van der Waals surface area (Å²) >= 11 is 0. The Morgan fingerprint density at radius 2 is 1.86 bits per heavy atom. The first-order chi connectivity index (χ1) is 10.1. The summed E-state index contributed by atoms with van der Waals surface area (Å²) < 4.78 is 27.5. The van der Waals surface area contributed by atoms with E-state index in [-0.39, 0.29) is 11.6 Å². The van der Waals surface area contributed by atoms with Gasteiger partial charge in [0.05, 0.1) is 0 Å². The molecule has 1 unspecified atom stereocenters. The minimum Gasteiger partial charge on any atom is -0.307 e. The molecular weight excluding hydrogens is 270 g/mol. The average molecular weight is 296 g/mol. The largest absolute Gasteiger partial charge is 0.307 e. The molecule has 1 saturated heterocycles. The van der Waals surface area contributed by atoms with Crippen molar-refractivity contribution in [2.24, 2.45) is 0 Å². The third-order valence-corrected chi connectivity index (χ3v) is 4.33. The van der Waals surface area contributed by atoms with Gasteiger partial charge in [-0.1, -0.05) is 19.4 Å². The molecule has 0 radical (unpaired) electrons. The number of likely N-dealkylation sites (tertiary alicyclic amines) is 1. The summed E-state index contributed by atoms with van der Waals surface area (Å²) in [5.41, 5.74) is 0.158. The lowest BCUT2D eigenvalue weighted by Crippen LogP contribution is -2.43. The summed E-state index contributed by atoms with van der Waals surface area (Å²) in [4.78, 5) is 2.48. The van der Waals surface area contributed by atoms with E-state index in [4.69, 9.17) is 0 Å². The van der Waals surface area contributed by atoms with Crippen LogP contribution in [0, 0.1) is 11.6 Å². The van der Waals surface area contributed by atoms with Crippen LogP contribution in [0.1, 0.15) is 51.1 Å². The van der Waals surface area contributed by atoms with Gasteiger partial charge in [0, 0.05) is 17.6 Å². The van der Waals surface area contributed by atoms with E-state index >= 15 is 0 Å². The molecule has 0 aromatic heterocycles. The Bertz CT molecular complexity index is 422. The smallest absolute Gasteiger partial charge is 0.130 e. The number of unbranched alkanes of at least 4 members (excludes halogenated alkanes) is 1. The van der Waals surface area contributed by atoms with E-state index < -0.39 is 11.6 Å². The van der Waals surface area contributed by atoms with E-state index in [1.807, 2.05) is 6.92 Å². The number of benzene rings is 1. The number of halogens is 2. The maximum atomic E-state index is 13.8. The Kier molecular flexibility index (Phi) is 6.12. The van der Waals surface area contributed by atoms with Crippen molar-refractivity contribution in [3.05, 3.63) is 35.4 Å². The van der Waals surface area contributed by atoms with Crippen molar-refractivity contribution in [3.63, 3.8) is 0 Å². The molecule has 1 N–H and O–H groups in total. The number of piperidine rings is 1. The lowest BCUT2D eigenvalue weighted by molar-refractivity contribution is 0.189. The molecular formula is C17H26F2N2. The fourth-order valence-corrected chi connectivity index (χ4v) is 3.07. The second kappa shape index (κ2) is 7.85. The minimum absolute atomic E-state index is 0.158. The lowest BCUT2D eigenvalue weighted by Gasteiger charge is -2.34. The van der Waals surface area contributed by atoms with Gasteiger partial charge >= 0.3 is 0 Å². The fraction of sp³-hybridized carbons (Fsp3) is 0.647. The molecule has 0 aliphatic carbocycles. The van der Waals surface area contributed by atoms with Gasteiger partial charge in [-0.05, 0) is 58.0 Å². The van der Waals surface area contributed by atoms with Crippen LogP contribution in [0.4, 0.5) is 8.78 Å². The third-order valence-electron chi connectivity index (χ3n) is 4.33. The molecule has 21 heavy (non-hydrogen) atoms. The van der Waals surface area contributed by atoms with Crippen molar-refractivity contribution >= 4 is 0 Å². The summed E-state index contributed by atoms with van der Waals surface area (Å²) in [6.45, 7) is 7.36. The Hall–Kier alpha value is -1.00. The van der Waals surface area contributed by atoms with E-state index in [0.29, 0.717) is 6.04 Å². The number of nitrogens with one attached hydrogen (secondary N) is 1. The molecule has 2 nitrogen and oxygen atoms in total. The van der Waals surface area contributed by atoms with Crippen molar-refractivity contribution < 1.29 is 8.78 Å². The van der Waals surface area contributed by atoms with Crippen LogP contribution in [0.5, 0.6) is 0 Å². The Balaban J connectivity index is 1.86. The molecule has 2 rings (SSSR count). The molecule has 1 aliphatic rings. The van der Waals surface area contributed by atoms with Crippen molar-refractivity contribution in [1.29, 1.82) is 0 Å². The maximum absolute atomic E-state index is 13.8. The summed E-state index contributed by atoms with van der Waals surface area (Å²) in [6.07, 6.45) is 4.56. The number of hydrogen-bond acceptors (Lipinski definition) is 2. The number of nitrogens with zero attached hydrogens (tertiary/aromatic N) is 1. The predicted octanol–water partition coefficient (Wildman–Crippen LogP) is 3.88. The standard InChI is InChI=1S/C17H26F2N2/c1-3-4-10-21-11-8-14(9-12-21)20-13(2)17-15(18)6-5-7-16(17)19/h5-7,13-14,20H,3-4,8-12H2,1-2H3. The second-order valence-electron chi connectivity index (χ2n) is 5.99. The summed E-state index contributed by atoms with van der Waals surface area (Å²) in [7, 11) is 0. The quantitative estimate of drug-likeness (QED) is 0.857. The SMILES string of the molecule is CCCCN1CCC(NC(C)c2c(F)cccc2F)CC1. The predicted molar refractivity (Wildman–Crippen MR) is 82.3 cm³/mol. The van der Waals surface area contributed by atoms with Gasteiger partial charge in [-0.25, -0.2) is 8.78 Å². The molecule has 0 amide bonds. The van der Waals surface area contributed by atoms with Crippen LogP contribution in [0.2, 0.25) is 0 Å². The van der Waals surface area contributed by atoms with Gasteiger partial charge in [0.2, 0.25) is 0 Å². The molecule has 0 saturated carbocycles. The van der Waals surface area contributed by atoms with Gasteiger partial charge in [0.25, 0.3) is 0 Å². The van der Waals surface area contributed by atoms with Crippen LogP contribution in [0.15, 0.2) is 18.2 Å². The van der Waals surface area contributed by atoms with Gasteiger partial charge < -0.3 is 10.2 Å². The van der Waals surface area contributed by atoms with Crippen LogP contribution < -0.4 is 5.32 Å². The molecule has 1 heterocycles. The summed E-state index contributed by atoms with van der Waals surface area (Å²) in [6, 6.07) is 4.11. The van der Waals surface area contributed by atoms with Crippen molar-refractivity contribution in [2.45, 2.75) is 51.6 Å². The van der Waals surface area contributed by atoms with Crippen LogP contribution in [-0.4, -0.2) is 30.6 Å². The van der Waals surface area contributed by atoms with Crippen LogP contribution in [0.3, 0.4) is 0 Å². The van der Waals surface area contributed by atoms with Gasteiger partial charge in [0.15, 0.2) is 0 Å². The molecule has 1 atom stereocenters. The van der Waals surface area contributed by atoms with Gasteiger partial charge in [-0.2, -0.15) is 0 Å². The Morgan fingerprint density at radius 1 is 1.24 bits per heavy atom. The highest BCUT2D eigenvalue weighted by Gasteiger charge is 2.23. The molecule has 1 aromatic carbocycles. The molecule has 118 valence electrons. The number of rotatable bonds is 6. The highest BCUT2D eigenvalue weighted by molar-refractivity contribution is 5.22. The van der Waals surface area contributed by atoms with Crippen molar-refractivity contribution in [2.75, 3.05) is 19.6 Å². The zero-order chi connectivity index (χ0) is 15.2. The topological polar surface area (TPSA) is 15.3 Å². The number of hydrogen-bond donors (Lipinski definition) is 1. The average Bonchev–Trinajstić information content (AvgIpc) is 2.46. The lowest BCUT2D eigenvalue weighted by atomic mass is 10.0. The Labute approximate surface area is 126 Å². The van der Waals surface area contributed by atoms with E-state index in [1.54, 1.807) is 0 Å². The first-order valence-electron chi connectivity index (χ1n) is 8.04. The molecule has 1 fully saturated rings. The first kappa shape index (κ1) is 16.4. The summed E-state index contributed by atoms with van der Waals surface area (Å²) in [5, 5.41) is 3.39. The molecule has 0 bridgehead atoms. The molecule has 0 spiro atoms. The van der Waals surface area contributed by atoms with Crippen molar-refractivity contribution in [3.8, 4) is 0 Å². The van der Waals surface area contributed by atoms with E-state index in [0.717, 1.165) is 25.9 Å². The van der Waals surface area contributed by atoms with Gasteiger partial charge in [0.1, 0.15) is 11.6 Å². The Morgan fingerprint density at radius 3 is 2.43 bits per heavy atom. The van der Waals surface area contributed by atoms with Gasteiger partial charge in [-0.15, -0.1) is 0 Å². The van der Waals surface area contributed by atoms with E-state index in [2.05, 4.69) is 17.1 Å². The maximum Gasteiger partial charge on any atom is 0.130 e. The highest BCUT2D eigenvalue weighted by atomic mass is 19.1. The minimum atomic E-state index is -0.463. The second-order valence-corrected chi connectivity index (χ2v) is 5.99. The zero-order valence-corrected chi connectivity index (χ0v) is 13.0. The van der Waals surface area contributed by atoms with E-state index in [9.17, 15) is 8.78 Å². The fourth-order valence-electron chi connectivity index (χ4n) is 3.07. The highest BCUT2D eigenvalue weighted by Crippen LogP contribution is 2.22. The third kappa shape index (κ3) is 4.48. The monoisotopic (exact) mass is 296 g/mol. The zero-order valence-electron chi connectivity index (χ0n) is 13.0. The first-order valence-corrected chi connectivity index (χ1v) is 8.04. The normalized spacial score (nSPS) is 18.9.